The maximum atomic E-state index is 13.4. The molecule has 1 aromatic heterocycles. The second kappa shape index (κ2) is 7.64. The van der Waals surface area contributed by atoms with Crippen LogP contribution in [-0.2, 0) is 6.54 Å². The van der Waals surface area contributed by atoms with Crippen LogP contribution >= 0.6 is 0 Å². The molecular formula is C23H22N4O. The van der Waals surface area contributed by atoms with Gasteiger partial charge in [-0.3, -0.25) is 4.79 Å². The van der Waals surface area contributed by atoms with Gasteiger partial charge in [0.25, 0.3) is 5.91 Å². The molecule has 0 radical (unpaired) electrons. The number of aryl methyl sites for hydroxylation is 1. The highest BCUT2D eigenvalue weighted by molar-refractivity contribution is 6.00. The molecule has 28 heavy (non-hydrogen) atoms. The van der Waals surface area contributed by atoms with E-state index in [4.69, 9.17) is 0 Å². The quantitative estimate of drug-likeness (QED) is 0.648. The van der Waals surface area contributed by atoms with Gasteiger partial charge in [-0.25, -0.2) is 9.97 Å². The van der Waals surface area contributed by atoms with Gasteiger partial charge in [-0.05, 0) is 24.6 Å². The average molecular weight is 370 g/mol. The summed E-state index contributed by atoms with van der Waals surface area (Å²) in [6, 6.07) is 19.9. The van der Waals surface area contributed by atoms with E-state index in [1.54, 1.807) is 6.20 Å². The number of carbonyl (C=O) groups excluding carboxylic acids is 1. The fourth-order valence-electron chi connectivity index (χ4n) is 3.53. The van der Waals surface area contributed by atoms with Crippen LogP contribution in [0.3, 0.4) is 0 Å². The van der Waals surface area contributed by atoms with Crippen LogP contribution in [0, 0.1) is 6.92 Å². The first-order valence-corrected chi connectivity index (χ1v) is 9.31. The Morgan fingerprint density at radius 1 is 1.11 bits per heavy atom. The molecule has 2 heterocycles. The number of benzene rings is 2. The number of anilines is 2. The summed E-state index contributed by atoms with van der Waals surface area (Å²) in [4.78, 5) is 26.2. The summed E-state index contributed by atoms with van der Waals surface area (Å²) in [6.45, 7) is 6.92. The molecule has 0 bridgehead atoms. The lowest BCUT2D eigenvalue weighted by Crippen LogP contribution is -2.39. The summed E-state index contributed by atoms with van der Waals surface area (Å²) in [7, 11) is 0. The van der Waals surface area contributed by atoms with Crippen LogP contribution in [0.15, 0.2) is 79.5 Å². The standard InChI is InChI=1S/C23H22N4O/c1-3-19-16-26(15-18-10-6-4-7-11-18)23(28)21-14-24-17(2)25-22(21)27(19)20-12-8-5-9-13-20/h3-14,19H,1,15-16H2,2H3. The van der Waals surface area contributed by atoms with Gasteiger partial charge >= 0.3 is 0 Å². The first-order chi connectivity index (χ1) is 13.7. The molecule has 1 aliphatic rings. The van der Waals surface area contributed by atoms with Gasteiger partial charge in [0.15, 0.2) is 0 Å². The van der Waals surface area contributed by atoms with Gasteiger partial charge < -0.3 is 9.80 Å². The maximum absolute atomic E-state index is 13.4. The molecule has 0 fully saturated rings. The van der Waals surface area contributed by atoms with E-state index in [1.165, 1.54) is 0 Å². The van der Waals surface area contributed by atoms with E-state index in [-0.39, 0.29) is 11.9 Å². The average Bonchev–Trinajstić information content (AvgIpc) is 2.84. The fourth-order valence-corrected chi connectivity index (χ4v) is 3.53. The number of hydrogen-bond donors (Lipinski definition) is 0. The van der Waals surface area contributed by atoms with Crippen molar-refractivity contribution in [1.82, 2.24) is 14.9 Å². The Balaban J connectivity index is 1.82. The summed E-state index contributed by atoms with van der Waals surface area (Å²) >= 11 is 0. The molecule has 3 aromatic rings. The number of fused-ring (bicyclic) bond motifs is 1. The number of para-hydroxylation sites is 1. The van der Waals surface area contributed by atoms with Crippen molar-refractivity contribution >= 4 is 17.4 Å². The molecule has 0 saturated heterocycles. The second-order valence-electron chi connectivity index (χ2n) is 6.83. The Labute approximate surface area is 165 Å². The Hall–Kier alpha value is -3.47. The molecule has 0 saturated carbocycles. The molecule has 1 unspecified atom stereocenters. The lowest BCUT2D eigenvalue weighted by Gasteiger charge is -2.31. The van der Waals surface area contributed by atoms with E-state index in [0.29, 0.717) is 30.3 Å². The van der Waals surface area contributed by atoms with Gasteiger partial charge in [0.2, 0.25) is 0 Å². The molecule has 0 N–H and O–H groups in total. The van der Waals surface area contributed by atoms with Crippen molar-refractivity contribution in [3.63, 3.8) is 0 Å². The number of rotatable bonds is 4. The van der Waals surface area contributed by atoms with Gasteiger partial charge in [-0.2, -0.15) is 0 Å². The van der Waals surface area contributed by atoms with Crippen molar-refractivity contribution < 1.29 is 4.79 Å². The lowest BCUT2D eigenvalue weighted by molar-refractivity contribution is 0.0747. The van der Waals surface area contributed by atoms with Gasteiger partial charge in [0.05, 0.1) is 6.04 Å². The first kappa shape index (κ1) is 17.9. The summed E-state index contributed by atoms with van der Waals surface area (Å²) in [6.07, 6.45) is 3.52. The van der Waals surface area contributed by atoms with E-state index < -0.39 is 0 Å². The minimum atomic E-state index is -0.106. The summed E-state index contributed by atoms with van der Waals surface area (Å²) in [5.41, 5.74) is 2.57. The Bertz CT molecular complexity index is 988. The van der Waals surface area contributed by atoms with E-state index >= 15 is 0 Å². The van der Waals surface area contributed by atoms with Crippen LogP contribution in [-0.4, -0.2) is 33.4 Å². The Kier molecular flexibility index (Phi) is 4.89. The first-order valence-electron chi connectivity index (χ1n) is 9.31. The molecule has 0 aliphatic carbocycles. The summed E-state index contributed by atoms with van der Waals surface area (Å²) < 4.78 is 0. The molecule has 0 spiro atoms. The molecule has 2 aromatic carbocycles. The normalized spacial score (nSPS) is 16.5. The van der Waals surface area contributed by atoms with Gasteiger partial charge in [-0.1, -0.05) is 54.6 Å². The Morgan fingerprint density at radius 3 is 2.46 bits per heavy atom. The lowest BCUT2D eigenvalue weighted by atomic mass is 10.1. The van der Waals surface area contributed by atoms with Crippen molar-refractivity contribution in [2.75, 3.05) is 11.4 Å². The monoisotopic (exact) mass is 370 g/mol. The van der Waals surface area contributed by atoms with Crippen molar-refractivity contribution in [2.24, 2.45) is 0 Å². The molecule has 4 rings (SSSR count). The van der Waals surface area contributed by atoms with E-state index in [1.807, 2.05) is 78.6 Å². The zero-order valence-electron chi connectivity index (χ0n) is 15.8. The van der Waals surface area contributed by atoms with Crippen LogP contribution < -0.4 is 4.90 Å². The van der Waals surface area contributed by atoms with E-state index in [2.05, 4.69) is 21.4 Å². The van der Waals surface area contributed by atoms with Gasteiger partial charge in [0.1, 0.15) is 17.2 Å². The molecule has 1 atom stereocenters. The van der Waals surface area contributed by atoms with Crippen LogP contribution in [0.2, 0.25) is 0 Å². The third-order valence-corrected chi connectivity index (χ3v) is 4.90. The zero-order valence-corrected chi connectivity index (χ0v) is 15.8. The van der Waals surface area contributed by atoms with Gasteiger partial charge in [0, 0.05) is 25.0 Å². The molecule has 5 heteroatoms. The van der Waals surface area contributed by atoms with E-state index in [0.717, 1.165) is 11.3 Å². The van der Waals surface area contributed by atoms with Crippen molar-refractivity contribution in [3.05, 3.63) is 96.5 Å². The highest BCUT2D eigenvalue weighted by Gasteiger charge is 2.33. The molecular weight excluding hydrogens is 348 g/mol. The second-order valence-corrected chi connectivity index (χ2v) is 6.83. The van der Waals surface area contributed by atoms with Crippen molar-refractivity contribution in [2.45, 2.75) is 19.5 Å². The third-order valence-electron chi connectivity index (χ3n) is 4.90. The van der Waals surface area contributed by atoms with Crippen LogP contribution in [0.4, 0.5) is 11.5 Å². The topological polar surface area (TPSA) is 49.3 Å². The van der Waals surface area contributed by atoms with Crippen LogP contribution in [0.1, 0.15) is 21.7 Å². The van der Waals surface area contributed by atoms with Crippen molar-refractivity contribution in [1.29, 1.82) is 0 Å². The Morgan fingerprint density at radius 2 is 1.79 bits per heavy atom. The number of nitrogens with zero attached hydrogens (tertiary/aromatic N) is 4. The smallest absolute Gasteiger partial charge is 0.259 e. The summed E-state index contributed by atoms with van der Waals surface area (Å²) in [5.74, 6) is 1.19. The number of aromatic nitrogens is 2. The predicted octanol–water partition coefficient (Wildman–Crippen LogP) is 4.13. The molecule has 5 nitrogen and oxygen atoms in total. The van der Waals surface area contributed by atoms with E-state index in [9.17, 15) is 4.79 Å². The minimum absolute atomic E-state index is 0.0656. The zero-order chi connectivity index (χ0) is 19.5. The highest BCUT2D eigenvalue weighted by atomic mass is 16.2. The fraction of sp³-hybridized carbons (Fsp3) is 0.174. The highest BCUT2D eigenvalue weighted by Crippen LogP contribution is 2.33. The maximum Gasteiger partial charge on any atom is 0.259 e. The third kappa shape index (κ3) is 3.39. The molecule has 140 valence electrons. The number of carbonyl (C=O) groups is 1. The largest absolute Gasteiger partial charge is 0.332 e. The number of amides is 1. The molecule has 1 amide bonds. The van der Waals surface area contributed by atoms with Crippen molar-refractivity contribution in [3.8, 4) is 0 Å². The molecule has 1 aliphatic heterocycles. The van der Waals surface area contributed by atoms with Crippen LogP contribution in [0.25, 0.3) is 0 Å². The summed E-state index contributed by atoms with van der Waals surface area (Å²) in [5, 5.41) is 0. The number of hydrogen-bond acceptors (Lipinski definition) is 4. The van der Waals surface area contributed by atoms with Gasteiger partial charge in [-0.15, -0.1) is 6.58 Å². The van der Waals surface area contributed by atoms with Crippen LogP contribution in [0.5, 0.6) is 0 Å². The predicted molar refractivity (Wildman–Crippen MR) is 111 cm³/mol. The minimum Gasteiger partial charge on any atom is -0.332 e. The SMILES string of the molecule is C=CC1CN(Cc2ccccc2)C(=O)c2cnc(C)nc2N1c1ccccc1.